The number of hydrogen-bond acceptors (Lipinski definition) is 3. The Hall–Kier alpha value is -0.510. The standard InChI is InChI=1S/C18H32N2S/c1-6-17(14-21-5)20(4)13-15(3)18(19-7-2)16-11-9-8-10-12-16/h8-12,15,17-19H,6-7,13-14H2,1-5H3. The molecule has 1 aromatic carbocycles. The predicted octanol–water partition coefficient (Wildman–Crippen LogP) is 4.05. The van der Waals surface area contributed by atoms with Gasteiger partial charge in [0.05, 0.1) is 0 Å². The SMILES string of the molecule is CCNC(c1ccccc1)C(C)CN(C)C(CC)CSC. The summed E-state index contributed by atoms with van der Waals surface area (Å²) < 4.78 is 0. The number of hydrogen-bond donors (Lipinski definition) is 1. The van der Waals surface area contributed by atoms with Gasteiger partial charge in [-0.15, -0.1) is 0 Å². The number of thioether (sulfide) groups is 1. The van der Waals surface area contributed by atoms with Crippen LogP contribution >= 0.6 is 11.8 Å². The van der Waals surface area contributed by atoms with Crippen molar-refractivity contribution < 1.29 is 0 Å². The predicted molar refractivity (Wildman–Crippen MR) is 97.1 cm³/mol. The van der Waals surface area contributed by atoms with Crippen LogP contribution in [0.4, 0.5) is 0 Å². The molecule has 1 aromatic rings. The Morgan fingerprint density at radius 2 is 1.86 bits per heavy atom. The number of nitrogens with one attached hydrogen (secondary N) is 1. The smallest absolute Gasteiger partial charge is 0.0358 e. The lowest BCUT2D eigenvalue weighted by atomic mass is 9.93. The van der Waals surface area contributed by atoms with E-state index in [0.717, 1.165) is 13.1 Å². The average Bonchev–Trinajstić information content (AvgIpc) is 2.50. The molecular formula is C18H32N2S. The third-order valence-electron chi connectivity index (χ3n) is 4.18. The van der Waals surface area contributed by atoms with Crippen molar-refractivity contribution in [1.29, 1.82) is 0 Å². The van der Waals surface area contributed by atoms with Gasteiger partial charge in [-0.25, -0.2) is 0 Å². The zero-order valence-corrected chi connectivity index (χ0v) is 15.1. The monoisotopic (exact) mass is 308 g/mol. The van der Waals surface area contributed by atoms with Crippen LogP contribution in [0.1, 0.15) is 38.8 Å². The lowest BCUT2D eigenvalue weighted by Crippen LogP contribution is -2.40. The van der Waals surface area contributed by atoms with Gasteiger partial charge in [0.15, 0.2) is 0 Å². The number of benzene rings is 1. The number of rotatable bonds is 10. The van der Waals surface area contributed by atoms with E-state index in [4.69, 9.17) is 0 Å². The molecule has 1 N–H and O–H groups in total. The first kappa shape index (κ1) is 18.5. The van der Waals surface area contributed by atoms with E-state index >= 15 is 0 Å². The van der Waals surface area contributed by atoms with Crippen LogP contribution < -0.4 is 5.32 Å². The third-order valence-corrected chi connectivity index (χ3v) is 4.90. The van der Waals surface area contributed by atoms with Crippen LogP contribution in [0.3, 0.4) is 0 Å². The fourth-order valence-corrected chi connectivity index (χ4v) is 3.86. The van der Waals surface area contributed by atoms with Gasteiger partial charge in [-0.1, -0.05) is 51.1 Å². The van der Waals surface area contributed by atoms with Gasteiger partial charge < -0.3 is 10.2 Å². The minimum atomic E-state index is 0.436. The molecule has 0 spiro atoms. The molecule has 0 aliphatic heterocycles. The van der Waals surface area contributed by atoms with E-state index in [-0.39, 0.29) is 0 Å². The Morgan fingerprint density at radius 1 is 1.19 bits per heavy atom. The molecule has 3 heteroatoms. The van der Waals surface area contributed by atoms with Crippen molar-refractivity contribution >= 4 is 11.8 Å². The third kappa shape index (κ3) is 6.01. The molecule has 3 unspecified atom stereocenters. The highest BCUT2D eigenvalue weighted by Crippen LogP contribution is 2.23. The van der Waals surface area contributed by atoms with Crippen LogP contribution in [0.15, 0.2) is 30.3 Å². The van der Waals surface area contributed by atoms with Gasteiger partial charge >= 0.3 is 0 Å². The molecule has 0 heterocycles. The maximum absolute atomic E-state index is 3.66. The van der Waals surface area contributed by atoms with Gasteiger partial charge in [0.2, 0.25) is 0 Å². The number of nitrogens with zero attached hydrogens (tertiary/aromatic N) is 1. The molecule has 2 nitrogen and oxygen atoms in total. The summed E-state index contributed by atoms with van der Waals surface area (Å²) in [6, 6.07) is 12.0. The van der Waals surface area contributed by atoms with Crippen LogP contribution in [0.2, 0.25) is 0 Å². The fraction of sp³-hybridized carbons (Fsp3) is 0.667. The maximum Gasteiger partial charge on any atom is 0.0358 e. The van der Waals surface area contributed by atoms with Crippen molar-refractivity contribution in [2.45, 2.75) is 39.3 Å². The van der Waals surface area contributed by atoms with Crippen molar-refractivity contribution in [2.75, 3.05) is 32.1 Å². The first-order valence-corrected chi connectivity index (χ1v) is 9.50. The molecule has 0 saturated carbocycles. The summed E-state index contributed by atoms with van der Waals surface area (Å²) >= 11 is 1.95. The highest BCUT2D eigenvalue weighted by atomic mass is 32.2. The van der Waals surface area contributed by atoms with Crippen LogP contribution in [-0.4, -0.2) is 43.1 Å². The largest absolute Gasteiger partial charge is 0.310 e. The Bertz CT molecular complexity index is 369. The summed E-state index contributed by atoms with van der Waals surface area (Å²) in [5.74, 6) is 1.81. The van der Waals surface area contributed by atoms with Crippen molar-refractivity contribution in [2.24, 2.45) is 5.92 Å². The first-order valence-electron chi connectivity index (χ1n) is 8.11. The molecule has 0 radical (unpaired) electrons. The van der Waals surface area contributed by atoms with Gasteiger partial charge in [0.1, 0.15) is 0 Å². The molecule has 120 valence electrons. The Labute approximate surface area is 135 Å². The molecule has 21 heavy (non-hydrogen) atoms. The van der Waals surface area contributed by atoms with Crippen molar-refractivity contribution in [3.8, 4) is 0 Å². The molecule has 3 atom stereocenters. The summed E-state index contributed by atoms with van der Waals surface area (Å²) in [6.07, 6.45) is 3.42. The van der Waals surface area contributed by atoms with E-state index in [1.54, 1.807) is 0 Å². The van der Waals surface area contributed by atoms with Crippen molar-refractivity contribution in [1.82, 2.24) is 10.2 Å². The highest BCUT2D eigenvalue weighted by molar-refractivity contribution is 7.98. The maximum atomic E-state index is 3.66. The summed E-state index contributed by atoms with van der Waals surface area (Å²) in [7, 11) is 2.27. The van der Waals surface area contributed by atoms with Gasteiger partial charge in [-0.05, 0) is 37.8 Å². The Kier molecular flexibility index (Phi) is 9.05. The summed E-state index contributed by atoms with van der Waals surface area (Å²) in [5, 5.41) is 3.66. The van der Waals surface area contributed by atoms with E-state index in [0.29, 0.717) is 18.0 Å². The fourth-order valence-electron chi connectivity index (χ4n) is 2.99. The minimum absolute atomic E-state index is 0.436. The van der Waals surface area contributed by atoms with E-state index < -0.39 is 0 Å². The molecule has 1 rings (SSSR count). The van der Waals surface area contributed by atoms with Crippen LogP contribution in [0, 0.1) is 5.92 Å². The molecule has 0 bridgehead atoms. The summed E-state index contributed by atoms with van der Waals surface area (Å²) in [6.45, 7) is 8.99. The second-order valence-corrected chi connectivity index (χ2v) is 6.79. The zero-order valence-electron chi connectivity index (χ0n) is 14.3. The highest BCUT2D eigenvalue weighted by Gasteiger charge is 2.22. The van der Waals surface area contributed by atoms with E-state index in [1.807, 2.05) is 11.8 Å². The van der Waals surface area contributed by atoms with Gasteiger partial charge in [-0.2, -0.15) is 11.8 Å². The van der Waals surface area contributed by atoms with E-state index in [2.05, 4.69) is 74.6 Å². The van der Waals surface area contributed by atoms with Crippen LogP contribution in [0.25, 0.3) is 0 Å². The normalized spacial score (nSPS) is 15.9. The van der Waals surface area contributed by atoms with Crippen molar-refractivity contribution in [3.63, 3.8) is 0 Å². The van der Waals surface area contributed by atoms with Crippen LogP contribution in [0.5, 0.6) is 0 Å². The van der Waals surface area contributed by atoms with Gasteiger partial charge in [-0.3, -0.25) is 0 Å². The molecular weight excluding hydrogens is 276 g/mol. The molecule has 0 aromatic heterocycles. The Balaban J connectivity index is 2.70. The second kappa shape index (κ2) is 10.3. The van der Waals surface area contributed by atoms with E-state index in [9.17, 15) is 0 Å². The second-order valence-electron chi connectivity index (χ2n) is 5.88. The topological polar surface area (TPSA) is 15.3 Å². The van der Waals surface area contributed by atoms with Gasteiger partial charge in [0, 0.05) is 24.4 Å². The molecule has 0 amide bonds. The lowest BCUT2D eigenvalue weighted by Gasteiger charge is -2.33. The molecule has 0 fully saturated rings. The molecule has 0 aliphatic carbocycles. The Morgan fingerprint density at radius 3 is 2.38 bits per heavy atom. The average molecular weight is 309 g/mol. The zero-order chi connectivity index (χ0) is 15.7. The summed E-state index contributed by atoms with van der Waals surface area (Å²) in [5.41, 5.74) is 1.40. The van der Waals surface area contributed by atoms with Crippen LogP contribution in [-0.2, 0) is 0 Å². The quantitative estimate of drug-likeness (QED) is 0.702. The van der Waals surface area contributed by atoms with Gasteiger partial charge in [0.25, 0.3) is 0 Å². The molecule has 0 saturated heterocycles. The minimum Gasteiger partial charge on any atom is -0.310 e. The molecule has 0 aliphatic rings. The van der Waals surface area contributed by atoms with Crippen molar-refractivity contribution in [3.05, 3.63) is 35.9 Å². The first-order chi connectivity index (χ1) is 10.1. The lowest BCUT2D eigenvalue weighted by molar-refractivity contribution is 0.200. The van der Waals surface area contributed by atoms with E-state index in [1.165, 1.54) is 17.7 Å². The summed E-state index contributed by atoms with van der Waals surface area (Å²) in [4.78, 5) is 2.54.